The summed E-state index contributed by atoms with van der Waals surface area (Å²) in [6, 6.07) is 5.46. The Labute approximate surface area is 225 Å². The third-order valence-corrected chi connectivity index (χ3v) is 10.9. The predicted octanol–water partition coefficient (Wildman–Crippen LogP) is 2.56. The summed E-state index contributed by atoms with van der Waals surface area (Å²) in [4.78, 5) is 36.3. The Kier molecular flexibility index (Phi) is 5.51. The Balaban J connectivity index is 1.32. The lowest BCUT2D eigenvalue weighted by Gasteiger charge is -2.66. The summed E-state index contributed by atoms with van der Waals surface area (Å²) in [5.74, 6) is 1.08. The number of imide groups is 1. The van der Waals surface area contributed by atoms with Crippen LogP contribution in [0.4, 0.5) is 4.79 Å². The minimum absolute atomic E-state index is 0.0367. The first-order valence-electron chi connectivity index (χ1n) is 14.7. The van der Waals surface area contributed by atoms with Crippen LogP contribution in [0.25, 0.3) is 0 Å². The minimum atomic E-state index is -1.01. The van der Waals surface area contributed by atoms with Crippen LogP contribution >= 0.6 is 0 Å². The van der Waals surface area contributed by atoms with Gasteiger partial charge in [0.15, 0.2) is 0 Å². The number of aromatic hydroxyl groups is 1. The number of likely N-dealkylation sites (N-methyl/N-ethyl adjacent to an activating group) is 1. The molecule has 1 aromatic rings. The first-order chi connectivity index (χ1) is 18.2. The largest absolute Gasteiger partial charge is 0.508 e. The van der Waals surface area contributed by atoms with E-state index in [0.29, 0.717) is 50.6 Å². The van der Waals surface area contributed by atoms with Gasteiger partial charge in [-0.2, -0.15) is 0 Å². The summed E-state index contributed by atoms with van der Waals surface area (Å²) in [5.41, 5.74) is -0.442. The number of hydrogen-bond acceptors (Lipinski definition) is 6. The fourth-order valence-corrected chi connectivity index (χ4v) is 8.44. The van der Waals surface area contributed by atoms with Crippen LogP contribution in [0.1, 0.15) is 62.5 Å². The number of urea groups is 1. The van der Waals surface area contributed by atoms with Crippen molar-refractivity contribution in [3.63, 3.8) is 0 Å². The van der Waals surface area contributed by atoms with E-state index in [1.807, 2.05) is 17.0 Å². The van der Waals surface area contributed by atoms with Crippen molar-refractivity contribution in [2.24, 2.45) is 11.8 Å². The van der Waals surface area contributed by atoms with Crippen molar-refractivity contribution in [3.05, 3.63) is 29.3 Å². The van der Waals surface area contributed by atoms with Gasteiger partial charge in [0.2, 0.25) is 0 Å². The molecule has 2 aliphatic heterocycles. The molecule has 4 aliphatic carbocycles. The fourth-order valence-electron chi connectivity index (χ4n) is 8.44. The molecular formula is C30H42N4O4. The molecule has 6 aliphatic rings. The highest BCUT2D eigenvalue weighted by molar-refractivity contribution is 6.07. The Bertz CT molecular complexity index is 1160. The molecule has 1 aromatic carbocycles. The molecular weight excluding hydrogens is 480 g/mol. The average Bonchev–Trinajstić information content (AvgIpc) is 3.80. The molecule has 2 N–H and O–H groups in total. The Morgan fingerprint density at radius 2 is 1.76 bits per heavy atom. The van der Waals surface area contributed by atoms with Crippen molar-refractivity contribution in [1.29, 1.82) is 0 Å². The predicted molar refractivity (Wildman–Crippen MR) is 143 cm³/mol. The zero-order chi connectivity index (χ0) is 26.4. The summed E-state index contributed by atoms with van der Waals surface area (Å²) in [5, 5.41) is 23.4. The minimum Gasteiger partial charge on any atom is -0.508 e. The lowest BCUT2D eigenvalue weighted by atomic mass is 9.46. The first kappa shape index (κ1) is 24.9. The highest BCUT2D eigenvalue weighted by atomic mass is 16.3. The van der Waals surface area contributed by atoms with Crippen LogP contribution in [0.3, 0.4) is 0 Å². The summed E-state index contributed by atoms with van der Waals surface area (Å²) in [6.07, 6.45) is 7.31. The topological polar surface area (TPSA) is 87.6 Å². The zero-order valence-electron chi connectivity index (χ0n) is 22.9. The first-order valence-corrected chi connectivity index (χ1v) is 14.7. The lowest BCUT2D eigenvalue weighted by molar-refractivity contribution is -0.188. The number of likely N-dealkylation sites (tertiary alicyclic amines) is 1. The molecule has 4 unspecified atom stereocenters. The summed E-state index contributed by atoms with van der Waals surface area (Å²) in [6.45, 7) is 3.82. The van der Waals surface area contributed by atoms with Gasteiger partial charge in [0.1, 0.15) is 11.3 Å². The maximum absolute atomic E-state index is 14.3. The van der Waals surface area contributed by atoms with Crippen molar-refractivity contribution in [2.45, 2.75) is 80.4 Å². The van der Waals surface area contributed by atoms with E-state index in [0.717, 1.165) is 62.9 Å². The van der Waals surface area contributed by atoms with E-state index >= 15 is 0 Å². The van der Waals surface area contributed by atoms with Crippen LogP contribution in [-0.2, 0) is 16.6 Å². The third kappa shape index (κ3) is 3.52. The fraction of sp³-hybridized carbons (Fsp3) is 0.733. The van der Waals surface area contributed by atoms with Gasteiger partial charge in [-0.05, 0) is 114 Å². The zero-order valence-corrected chi connectivity index (χ0v) is 22.9. The summed E-state index contributed by atoms with van der Waals surface area (Å²) in [7, 11) is 4.16. The Morgan fingerprint density at radius 1 is 1.03 bits per heavy atom. The van der Waals surface area contributed by atoms with E-state index in [9.17, 15) is 19.8 Å². The number of amides is 3. The van der Waals surface area contributed by atoms with Crippen LogP contribution in [0.15, 0.2) is 18.2 Å². The molecule has 4 atom stereocenters. The van der Waals surface area contributed by atoms with E-state index in [4.69, 9.17) is 0 Å². The van der Waals surface area contributed by atoms with Gasteiger partial charge in [-0.25, -0.2) is 4.79 Å². The van der Waals surface area contributed by atoms with E-state index in [1.54, 1.807) is 11.0 Å². The SMILES string of the molecule is CN(C)CCN1CCC23CC4(CCC2(O)C1Cc1ccc(O)cc13)C(=O)N(CC1CC1)C(=O)N4CC1CC1. The van der Waals surface area contributed by atoms with Gasteiger partial charge in [0, 0.05) is 37.6 Å². The lowest BCUT2D eigenvalue weighted by Crippen LogP contribution is -2.76. The number of phenols is 1. The van der Waals surface area contributed by atoms with Gasteiger partial charge in [-0.3, -0.25) is 14.6 Å². The number of hydrogen-bond donors (Lipinski definition) is 2. The van der Waals surface area contributed by atoms with Crippen molar-refractivity contribution in [3.8, 4) is 5.75 Å². The number of aliphatic hydroxyl groups is 1. The van der Waals surface area contributed by atoms with Crippen molar-refractivity contribution in [1.82, 2.24) is 19.6 Å². The van der Waals surface area contributed by atoms with E-state index in [2.05, 4.69) is 23.9 Å². The van der Waals surface area contributed by atoms with E-state index in [-0.39, 0.29) is 23.7 Å². The van der Waals surface area contributed by atoms with Crippen molar-refractivity contribution < 1.29 is 19.8 Å². The summed E-state index contributed by atoms with van der Waals surface area (Å²) < 4.78 is 0. The maximum atomic E-state index is 14.3. The number of rotatable bonds is 7. The molecule has 3 saturated carbocycles. The Morgan fingerprint density at radius 3 is 2.47 bits per heavy atom. The molecule has 8 heteroatoms. The molecule has 0 aromatic heterocycles. The second-order valence-corrected chi connectivity index (χ2v) is 13.6. The number of fused-ring (bicyclic) bond motifs is 1. The highest BCUT2D eigenvalue weighted by Crippen LogP contribution is 2.62. The standard InChI is InChI=1S/C30H42N4O4/c1-31(2)13-14-32-12-11-28-19-29(9-10-30(28,38)25(32)15-22-7-8-23(35)16-24(22)28)26(36)33(17-20-3-4-20)27(37)34(29)18-21-5-6-21/h7-8,16,20-21,25,35,38H,3-6,9-15,17-19H2,1-2H3. The molecule has 2 saturated heterocycles. The van der Waals surface area contributed by atoms with E-state index < -0.39 is 16.6 Å². The van der Waals surface area contributed by atoms with Crippen LogP contribution in [0.2, 0.25) is 0 Å². The van der Waals surface area contributed by atoms with E-state index in [1.165, 1.54) is 0 Å². The van der Waals surface area contributed by atoms with Gasteiger partial charge in [0.25, 0.3) is 5.91 Å². The van der Waals surface area contributed by atoms with Gasteiger partial charge in [-0.1, -0.05) is 6.07 Å². The van der Waals surface area contributed by atoms with Gasteiger partial charge in [0.05, 0.1) is 5.60 Å². The smallest absolute Gasteiger partial charge is 0.327 e. The molecule has 206 valence electrons. The number of piperidine rings is 1. The van der Waals surface area contributed by atoms with Gasteiger partial charge >= 0.3 is 6.03 Å². The van der Waals surface area contributed by atoms with Crippen LogP contribution in [0.5, 0.6) is 5.75 Å². The molecule has 3 amide bonds. The summed E-state index contributed by atoms with van der Waals surface area (Å²) >= 11 is 0. The van der Waals surface area contributed by atoms with Crippen molar-refractivity contribution in [2.75, 3.05) is 46.8 Å². The second kappa shape index (κ2) is 8.42. The molecule has 2 heterocycles. The number of benzene rings is 1. The van der Waals surface area contributed by atoms with Crippen molar-refractivity contribution >= 4 is 11.9 Å². The third-order valence-electron chi connectivity index (χ3n) is 10.9. The maximum Gasteiger partial charge on any atom is 0.327 e. The Hall–Kier alpha value is -2.16. The van der Waals surface area contributed by atoms with Crippen LogP contribution in [0, 0.1) is 11.8 Å². The average molecular weight is 523 g/mol. The van der Waals surface area contributed by atoms with Crippen LogP contribution < -0.4 is 0 Å². The number of phenolic OH excluding ortho intramolecular Hbond substituents is 1. The molecule has 1 spiro atoms. The van der Waals surface area contributed by atoms with Gasteiger partial charge in [-0.15, -0.1) is 0 Å². The monoisotopic (exact) mass is 522 g/mol. The normalized spacial score (nSPS) is 36.8. The highest BCUT2D eigenvalue weighted by Gasteiger charge is 2.72. The molecule has 7 rings (SSSR count). The molecule has 2 bridgehead atoms. The number of carbonyl (C=O) groups is 2. The number of carbonyl (C=O) groups excluding carboxylic acids is 2. The van der Waals surface area contributed by atoms with Gasteiger partial charge < -0.3 is 20.0 Å². The quantitative estimate of drug-likeness (QED) is 0.536. The number of nitrogens with zero attached hydrogens (tertiary/aromatic N) is 4. The molecule has 38 heavy (non-hydrogen) atoms. The second-order valence-electron chi connectivity index (χ2n) is 13.6. The molecule has 8 nitrogen and oxygen atoms in total. The van der Waals surface area contributed by atoms with Crippen LogP contribution in [-0.4, -0.2) is 106 Å². The molecule has 0 radical (unpaired) electrons. The molecule has 5 fully saturated rings.